The topological polar surface area (TPSA) is 29.5 Å². The van der Waals surface area contributed by atoms with Gasteiger partial charge in [0.1, 0.15) is 23.1 Å². The molecule has 0 saturated carbocycles. The smallest absolute Gasteiger partial charge is 0.123 e. The van der Waals surface area contributed by atoms with E-state index in [0.29, 0.717) is 12.4 Å². The second kappa shape index (κ2) is 17.2. The van der Waals surface area contributed by atoms with Crippen LogP contribution in [0.15, 0.2) is 48.5 Å². The van der Waals surface area contributed by atoms with Crippen molar-refractivity contribution in [2.45, 2.75) is 7.43 Å². The maximum absolute atomic E-state index is 12.3. The fourth-order valence-electron chi connectivity index (χ4n) is 1.13. The van der Waals surface area contributed by atoms with Crippen molar-refractivity contribution in [3.8, 4) is 11.5 Å². The Labute approximate surface area is 167 Å². The van der Waals surface area contributed by atoms with Crippen molar-refractivity contribution in [3.63, 3.8) is 0 Å². The number of phenols is 1. The predicted molar refractivity (Wildman–Crippen MR) is 108 cm³/mol. The molecule has 2 rings (SSSR count). The first-order valence-corrected chi connectivity index (χ1v) is 9.90. The Morgan fingerprint density at radius 2 is 1.17 bits per heavy atom. The molecule has 0 unspecified atom stereocenters. The Morgan fingerprint density at radius 3 is 1.50 bits per heavy atom. The Kier molecular flexibility index (Phi) is 18.3. The second-order valence-electron chi connectivity index (χ2n) is 3.85. The number of ether oxygens (including phenoxy) is 1. The van der Waals surface area contributed by atoms with Gasteiger partial charge in [-0.2, -0.15) is 0 Å². The normalized spacial score (nSPS) is 8.71. The van der Waals surface area contributed by atoms with Crippen molar-refractivity contribution in [2.24, 2.45) is 0 Å². The number of benzene rings is 2. The van der Waals surface area contributed by atoms with Gasteiger partial charge in [-0.05, 0) is 48.5 Å². The average Bonchev–Trinajstić information content (AvgIpc) is 2.58. The SMILES string of the molecule is BrCCBr.C.Fc1ccc(OCCBr)cc1.Oc1ccc(F)cc1. The lowest BCUT2D eigenvalue weighted by Crippen LogP contribution is -1.97. The van der Waals surface area contributed by atoms with Crippen LogP contribution in [0.3, 0.4) is 0 Å². The number of halogens is 5. The van der Waals surface area contributed by atoms with Gasteiger partial charge in [-0.1, -0.05) is 55.2 Å². The van der Waals surface area contributed by atoms with Crippen LogP contribution in [-0.2, 0) is 0 Å². The van der Waals surface area contributed by atoms with Crippen LogP contribution in [0.2, 0.25) is 0 Å². The minimum absolute atomic E-state index is 0. The highest BCUT2D eigenvalue weighted by Gasteiger charge is 1.92. The molecule has 0 saturated heterocycles. The molecule has 2 aromatic rings. The molecule has 0 aliphatic carbocycles. The third-order valence-corrected chi connectivity index (χ3v) is 4.24. The van der Waals surface area contributed by atoms with Crippen LogP contribution >= 0.6 is 47.8 Å². The van der Waals surface area contributed by atoms with E-state index in [4.69, 9.17) is 9.84 Å². The molecule has 0 aliphatic rings. The highest BCUT2D eigenvalue weighted by Crippen LogP contribution is 2.10. The van der Waals surface area contributed by atoms with Crippen LogP contribution in [0.1, 0.15) is 7.43 Å². The number of rotatable bonds is 4. The number of alkyl halides is 3. The Morgan fingerprint density at radius 1 is 0.750 bits per heavy atom. The zero-order valence-electron chi connectivity index (χ0n) is 12.2. The maximum Gasteiger partial charge on any atom is 0.123 e. The zero-order valence-corrected chi connectivity index (χ0v) is 17.0. The van der Waals surface area contributed by atoms with Gasteiger partial charge in [-0.3, -0.25) is 0 Å². The molecule has 0 aromatic heterocycles. The molecule has 0 bridgehead atoms. The van der Waals surface area contributed by atoms with Gasteiger partial charge in [0.2, 0.25) is 0 Å². The van der Waals surface area contributed by atoms with Crippen LogP contribution in [0, 0.1) is 11.6 Å². The minimum atomic E-state index is -0.331. The quantitative estimate of drug-likeness (QED) is 0.451. The lowest BCUT2D eigenvalue weighted by atomic mass is 10.3. The number of aromatic hydroxyl groups is 1. The van der Waals surface area contributed by atoms with E-state index in [-0.39, 0.29) is 24.8 Å². The molecule has 7 heteroatoms. The highest BCUT2D eigenvalue weighted by atomic mass is 79.9. The molecular weight excluding hydrogens is 514 g/mol. The van der Waals surface area contributed by atoms with Crippen molar-refractivity contribution in [1.29, 1.82) is 0 Å². The second-order valence-corrected chi connectivity index (χ2v) is 6.22. The van der Waals surface area contributed by atoms with Crippen LogP contribution in [0.25, 0.3) is 0 Å². The lowest BCUT2D eigenvalue weighted by Gasteiger charge is -2.01. The standard InChI is InChI=1S/C8H8BrFO.C6H5FO.C2H4Br2.CH4/c9-5-6-11-8-3-1-7(10)2-4-8;7-5-1-3-6(8)4-2-5;3-1-2-4;/h1-4H,5-6H2;1-4,8H;1-2H2;1H4. The van der Waals surface area contributed by atoms with Crippen LogP contribution < -0.4 is 4.74 Å². The molecule has 0 amide bonds. The largest absolute Gasteiger partial charge is 0.508 e. The van der Waals surface area contributed by atoms with Gasteiger partial charge in [-0.25, -0.2) is 8.78 Å². The molecule has 1 N–H and O–H groups in total. The molecule has 0 spiro atoms. The third kappa shape index (κ3) is 14.9. The fraction of sp³-hybridized carbons (Fsp3) is 0.294. The number of hydrogen-bond acceptors (Lipinski definition) is 2. The van der Waals surface area contributed by atoms with Crippen molar-refractivity contribution in [2.75, 3.05) is 22.6 Å². The summed E-state index contributed by atoms with van der Waals surface area (Å²) in [4.78, 5) is 0. The molecule has 2 aromatic carbocycles. The van der Waals surface area contributed by atoms with Gasteiger partial charge in [0.05, 0.1) is 6.61 Å². The van der Waals surface area contributed by atoms with E-state index in [9.17, 15) is 8.78 Å². The Bertz CT molecular complexity index is 485. The molecule has 0 fully saturated rings. The van der Waals surface area contributed by atoms with E-state index in [1.54, 1.807) is 12.1 Å². The lowest BCUT2D eigenvalue weighted by molar-refractivity contribution is 0.344. The highest BCUT2D eigenvalue weighted by molar-refractivity contribution is 9.12. The molecule has 0 atom stereocenters. The van der Waals surface area contributed by atoms with Crippen LogP contribution in [-0.4, -0.2) is 27.7 Å². The maximum atomic E-state index is 12.3. The van der Waals surface area contributed by atoms with Crippen molar-refractivity contribution in [3.05, 3.63) is 60.2 Å². The van der Waals surface area contributed by atoms with E-state index in [1.165, 1.54) is 36.4 Å². The average molecular weight is 535 g/mol. The predicted octanol–water partition coefficient (Wildman–Crippen LogP) is 6.54. The fourth-order valence-corrected chi connectivity index (χ4v) is 1.29. The summed E-state index contributed by atoms with van der Waals surface area (Å²) in [6, 6.07) is 11.0. The van der Waals surface area contributed by atoms with Gasteiger partial charge in [0.15, 0.2) is 0 Å². The van der Waals surface area contributed by atoms with E-state index in [0.717, 1.165) is 16.0 Å². The molecule has 0 heterocycles. The summed E-state index contributed by atoms with van der Waals surface area (Å²) in [6.07, 6.45) is 0. The minimum Gasteiger partial charge on any atom is -0.508 e. The van der Waals surface area contributed by atoms with Gasteiger partial charge in [-0.15, -0.1) is 0 Å². The molecular formula is C17H21Br3F2O2. The Balaban J connectivity index is 0. The first kappa shape index (κ1) is 25.6. The summed E-state index contributed by atoms with van der Waals surface area (Å²) in [5.41, 5.74) is 0. The van der Waals surface area contributed by atoms with Gasteiger partial charge in [0, 0.05) is 16.0 Å². The molecule has 2 nitrogen and oxygen atoms in total. The van der Waals surface area contributed by atoms with Gasteiger partial charge in [0.25, 0.3) is 0 Å². The van der Waals surface area contributed by atoms with Crippen LogP contribution in [0.5, 0.6) is 11.5 Å². The van der Waals surface area contributed by atoms with Crippen LogP contribution in [0.4, 0.5) is 8.78 Å². The Hall–Kier alpha value is -0.660. The molecule has 0 aliphatic heterocycles. The summed E-state index contributed by atoms with van der Waals surface area (Å²) < 4.78 is 29.5. The van der Waals surface area contributed by atoms with E-state index < -0.39 is 0 Å². The molecule has 0 radical (unpaired) electrons. The van der Waals surface area contributed by atoms with E-state index in [2.05, 4.69) is 47.8 Å². The van der Waals surface area contributed by atoms with E-state index >= 15 is 0 Å². The zero-order chi connectivity index (χ0) is 17.5. The monoisotopic (exact) mass is 532 g/mol. The summed E-state index contributed by atoms with van der Waals surface area (Å²) >= 11 is 9.63. The van der Waals surface area contributed by atoms with Gasteiger partial charge >= 0.3 is 0 Å². The first-order chi connectivity index (χ1) is 11.0. The van der Waals surface area contributed by atoms with Gasteiger partial charge < -0.3 is 9.84 Å². The van der Waals surface area contributed by atoms with Crippen molar-refractivity contribution < 1.29 is 18.6 Å². The van der Waals surface area contributed by atoms with E-state index in [1.807, 2.05) is 0 Å². The summed E-state index contributed by atoms with van der Waals surface area (Å²) in [5.74, 6) is 0.219. The van der Waals surface area contributed by atoms with Crippen molar-refractivity contribution >= 4 is 47.8 Å². The first-order valence-electron chi connectivity index (χ1n) is 6.54. The van der Waals surface area contributed by atoms with Crippen molar-refractivity contribution in [1.82, 2.24) is 0 Å². The number of phenolic OH excluding ortho intramolecular Hbond substituents is 1. The number of hydrogen-bond donors (Lipinski definition) is 1. The molecule has 136 valence electrons. The summed E-state index contributed by atoms with van der Waals surface area (Å²) in [7, 11) is 0. The third-order valence-electron chi connectivity index (χ3n) is 2.06. The molecule has 24 heavy (non-hydrogen) atoms. The summed E-state index contributed by atoms with van der Waals surface area (Å²) in [6.45, 7) is 0.603. The summed E-state index contributed by atoms with van der Waals surface area (Å²) in [5, 5.41) is 11.5.